The number of carbonyl (C=O) groups excluding carboxylic acids is 1. The summed E-state index contributed by atoms with van der Waals surface area (Å²) < 4.78 is 12.3. The van der Waals surface area contributed by atoms with Crippen LogP contribution in [-0.4, -0.2) is 34.2 Å². The molecule has 0 saturated carbocycles. The molecule has 0 spiro atoms. The van der Waals surface area contributed by atoms with E-state index < -0.39 is 0 Å². The van der Waals surface area contributed by atoms with E-state index in [1.807, 2.05) is 50.2 Å². The Labute approximate surface area is 187 Å². The molecule has 0 atom stereocenters. The zero-order valence-electron chi connectivity index (χ0n) is 17.3. The van der Waals surface area contributed by atoms with Crippen LogP contribution in [0.2, 0.25) is 0 Å². The van der Waals surface area contributed by atoms with Crippen LogP contribution in [-0.2, 0) is 17.6 Å². The van der Waals surface area contributed by atoms with Crippen molar-refractivity contribution in [3.63, 3.8) is 0 Å². The number of fused-ring (bicyclic) bond motifs is 1. The van der Waals surface area contributed by atoms with Gasteiger partial charge in [0.2, 0.25) is 0 Å². The van der Waals surface area contributed by atoms with Gasteiger partial charge in [-0.3, -0.25) is 4.79 Å². The van der Waals surface area contributed by atoms with E-state index in [9.17, 15) is 4.79 Å². The molecule has 4 rings (SSSR count). The van der Waals surface area contributed by atoms with Crippen LogP contribution in [0.25, 0.3) is 20.8 Å². The molecule has 0 aliphatic carbocycles. The van der Waals surface area contributed by atoms with Crippen molar-refractivity contribution in [1.82, 2.24) is 15.2 Å². The summed E-state index contributed by atoms with van der Waals surface area (Å²) in [4.78, 5) is 16.9. The Hall–Kier alpha value is -3.04. The second-order valence-corrected chi connectivity index (χ2v) is 8.90. The third-order valence-electron chi connectivity index (χ3n) is 4.48. The molecule has 0 amide bonds. The van der Waals surface area contributed by atoms with Crippen LogP contribution in [0.15, 0.2) is 36.4 Å². The van der Waals surface area contributed by atoms with Crippen molar-refractivity contribution < 1.29 is 14.3 Å². The van der Waals surface area contributed by atoms with Crippen LogP contribution in [0, 0.1) is 0 Å². The van der Waals surface area contributed by atoms with E-state index in [4.69, 9.17) is 15.2 Å². The molecule has 0 unspecified atom stereocenters. The van der Waals surface area contributed by atoms with E-state index in [0.29, 0.717) is 35.5 Å². The molecule has 2 heterocycles. The van der Waals surface area contributed by atoms with Crippen molar-refractivity contribution in [2.45, 2.75) is 26.7 Å². The van der Waals surface area contributed by atoms with Crippen molar-refractivity contribution in [3.8, 4) is 22.1 Å². The number of benzene rings is 2. The number of ether oxygens (including phenoxy) is 2. The molecule has 2 aromatic heterocycles. The van der Waals surface area contributed by atoms with Gasteiger partial charge in [0.25, 0.3) is 0 Å². The Balaban J connectivity index is 1.47. The topological polar surface area (TPSA) is 100 Å². The minimum Gasteiger partial charge on any atom is -0.494 e. The van der Waals surface area contributed by atoms with Crippen LogP contribution in [0.5, 0.6) is 11.5 Å². The monoisotopic (exact) mass is 454 g/mol. The van der Waals surface area contributed by atoms with Crippen LogP contribution < -0.4 is 15.2 Å². The van der Waals surface area contributed by atoms with E-state index in [-0.39, 0.29) is 12.2 Å². The van der Waals surface area contributed by atoms with Crippen molar-refractivity contribution in [2.24, 2.45) is 0 Å². The van der Waals surface area contributed by atoms with Gasteiger partial charge in [-0.05, 0) is 43.7 Å². The highest BCUT2D eigenvalue weighted by Crippen LogP contribution is 2.35. The maximum atomic E-state index is 12.6. The molecule has 0 bridgehead atoms. The molecule has 0 radical (unpaired) electrons. The average Bonchev–Trinajstić information content (AvgIpc) is 3.34. The number of rotatable bonds is 9. The van der Waals surface area contributed by atoms with Crippen molar-refractivity contribution in [2.75, 3.05) is 18.9 Å². The molecule has 7 nitrogen and oxygen atoms in total. The summed E-state index contributed by atoms with van der Waals surface area (Å²) in [5, 5.41) is 10.4. The lowest BCUT2D eigenvalue weighted by molar-refractivity contribution is -0.117. The number of carbonyl (C=O) groups is 1. The zero-order valence-corrected chi connectivity index (χ0v) is 18.9. The predicted molar refractivity (Wildman–Crippen MR) is 124 cm³/mol. The maximum absolute atomic E-state index is 12.6. The van der Waals surface area contributed by atoms with Gasteiger partial charge in [-0.2, -0.15) is 0 Å². The van der Waals surface area contributed by atoms with Gasteiger partial charge in [0.1, 0.15) is 22.3 Å². The molecular formula is C22H22N4O3S2. The van der Waals surface area contributed by atoms with Crippen LogP contribution in [0.4, 0.5) is 5.13 Å². The number of anilines is 1. The molecule has 4 aromatic rings. The minimum atomic E-state index is 0.0799. The van der Waals surface area contributed by atoms with E-state index in [0.717, 1.165) is 32.1 Å². The number of nitrogens with two attached hydrogens (primary N) is 1. The fourth-order valence-corrected chi connectivity index (χ4v) is 4.90. The highest BCUT2D eigenvalue weighted by Gasteiger charge is 2.16. The second kappa shape index (κ2) is 9.40. The summed E-state index contributed by atoms with van der Waals surface area (Å²) in [5.41, 5.74) is 8.40. The maximum Gasteiger partial charge on any atom is 0.181 e. The number of nitrogen functional groups attached to an aromatic ring is 1. The summed E-state index contributed by atoms with van der Waals surface area (Å²) in [6, 6.07) is 11.4. The highest BCUT2D eigenvalue weighted by molar-refractivity contribution is 7.22. The standard InChI is InChI=1S/C22H22N4O3S2/c1-3-28-15-6-7-16(18(12-15)29-4-2)21-26-25-20(31-21)11-14(27)9-13-5-8-17-19(10-13)30-22(23)24-17/h5-8,10,12H,3-4,9,11H2,1-2H3,(H2,23,24). The summed E-state index contributed by atoms with van der Waals surface area (Å²) >= 11 is 2.82. The molecule has 2 N–H and O–H groups in total. The van der Waals surface area contributed by atoms with E-state index in [2.05, 4.69) is 15.2 Å². The first-order chi connectivity index (χ1) is 15.1. The Morgan fingerprint density at radius 1 is 1.00 bits per heavy atom. The number of ketones is 1. The van der Waals surface area contributed by atoms with Crippen LogP contribution in [0.3, 0.4) is 0 Å². The van der Waals surface area contributed by atoms with Gasteiger partial charge in [-0.25, -0.2) is 4.98 Å². The Morgan fingerprint density at radius 3 is 2.65 bits per heavy atom. The Bertz CT molecular complexity index is 1220. The summed E-state index contributed by atoms with van der Waals surface area (Å²) in [7, 11) is 0. The first-order valence-electron chi connectivity index (χ1n) is 9.94. The number of aromatic nitrogens is 3. The fraction of sp³-hybridized carbons (Fsp3) is 0.273. The molecule has 0 saturated heterocycles. The lowest BCUT2D eigenvalue weighted by Crippen LogP contribution is -2.06. The smallest absolute Gasteiger partial charge is 0.181 e. The van der Waals surface area contributed by atoms with Gasteiger partial charge in [-0.1, -0.05) is 28.7 Å². The molecule has 2 aromatic carbocycles. The summed E-state index contributed by atoms with van der Waals surface area (Å²) in [5.74, 6) is 1.52. The van der Waals surface area contributed by atoms with Gasteiger partial charge in [0, 0.05) is 12.5 Å². The average molecular weight is 455 g/mol. The molecule has 0 fully saturated rings. The number of hydrogen-bond donors (Lipinski definition) is 1. The second-order valence-electron chi connectivity index (χ2n) is 6.77. The SMILES string of the molecule is CCOc1ccc(-c2nnc(CC(=O)Cc3ccc4nc(N)sc4c3)s2)c(OCC)c1. The van der Waals surface area contributed by atoms with Crippen molar-refractivity contribution in [1.29, 1.82) is 0 Å². The fourth-order valence-electron chi connectivity index (χ4n) is 3.20. The summed E-state index contributed by atoms with van der Waals surface area (Å²) in [6.45, 7) is 4.98. The molecule has 0 aliphatic heterocycles. The Morgan fingerprint density at radius 2 is 1.84 bits per heavy atom. The third kappa shape index (κ3) is 5.00. The van der Waals surface area contributed by atoms with Gasteiger partial charge < -0.3 is 15.2 Å². The van der Waals surface area contributed by atoms with Crippen molar-refractivity contribution >= 4 is 43.8 Å². The van der Waals surface area contributed by atoms with Crippen LogP contribution in [0.1, 0.15) is 24.4 Å². The summed E-state index contributed by atoms with van der Waals surface area (Å²) in [6.07, 6.45) is 0.567. The normalized spacial score (nSPS) is 11.0. The predicted octanol–water partition coefficient (Wildman–Crippen LogP) is 4.55. The molecule has 160 valence electrons. The highest BCUT2D eigenvalue weighted by atomic mass is 32.1. The number of thiazole rings is 1. The van der Waals surface area contributed by atoms with Gasteiger partial charge in [-0.15, -0.1) is 10.2 Å². The zero-order chi connectivity index (χ0) is 21.8. The number of nitrogens with zero attached hydrogens (tertiary/aromatic N) is 3. The lowest BCUT2D eigenvalue weighted by Gasteiger charge is -2.10. The molecular weight excluding hydrogens is 432 g/mol. The molecule has 9 heteroatoms. The Kier molecular flexibility index (Phi) is 6.43. The van der Waals surface area contributed by atoms with E-state index >= 15 is 0 Å². The largest absolute Gasteiger partial charge is 0.494 e. The first kappa shape index (κ1) is 21.2. The van der Waals surface area contributed by atoms with E-state index in [1.54, 1.807) is 0 Å². The lowest BCUT2D eigenvalue weighted by atomic mass is 10.1. The van der Waals surface area contributed by atoms with Crippen LogP contribution >= 0.6 is 22.7 Å². The molecule has 31 heavy (non-hydrogen) atoms. The minimum absolute atomic E-state index is 0.0799. The number of Topliss-reactive ketones (excluding diaryl/α,β-unsaturated/α-hetero) is 1. The van der Waals surface area contributed by atoms with Gasteiger partial charge in [0.05, 0.1) is 35.4 Å². The first-order valence-corrected chi connectivity index (χ1v) is 11.6. The molecule has 0 aliphatic rings. The van der Waals surface area contributed by atoms with Gasteiger partial charge in [0.15, 0.2) is 10.1 Å². The van der Waals surface area contributed by atoms with Gasteiger partial charge >= 0.3 is 0 Å². The van der Waals surface area contributed by atoms with E-state index in [1.165, 1.54) is 22.7 Å². The number of hydrogen-bond acceptors (Lipinski definition) is 9. The quantitative estimate of drug-likeness (QED) is 0.396. The van der Waals surface area contributed by atoms with Crippen molar-refractivity contribution in [3.05, 3.63) is 47.0 Å². The third-order valence-corrected chi connectivity index (χ3v) is 6.28.